The minimum atomic E-state index is -1.08. The van der Waals surface area contributed by atoms with Crippen LogP contribution in [0.4, 0.5) is 10.1 Å². The summed E-state index contributed by atoms with van der Waals surface area (Å²) in [6.07, 6.45) is 5.76. The molecule has 0 unspecified atom stereocenters. The molecule has 4 aromatic rings. The molecule has 2 heterocycles. The third-order valence-corrected chi connectivity index (χ3v) is 7.02. The Labute approximate surface area is 213 Å². The predicted molar refractivity (Wildman–Crippen MR) is 139 cm³/mol. The van der Waals surface area contributed by atoms with Crippen molar-refractivity contribution < 1.29 is 19.7 Å². The highest BCUT2D eigenvalue weighted by Gasteiger charge is 2.36. The standard InChI is InChI=1S/C28H29FN6O2/c1-17-11-18(8-10-32-17)26(31)23-12-19(5-7-24(23)30)27(36)34-22-3-2-9-28(37,14-22)16-35-25-13-21(29)6-4-20(25)15-33-35/h4-8,10-13,15,22,31,37H,2-3,9,14,16,30H2,1H3,(H,34,36)/p+1/t22-,28-/m0/s1. The van der Waals surface area contributed by atoms with Crippen LogP contribution in [0, 0.1) is 12.7 Å². The van der Waals surface area contributed by atoms with Crippen LogP contribution in [0.2, 0.25) is 0 Å². The normalized spacial score (nSPS) is 19.6. The number of nitrogen functional groups attached to an aromatic ring is 1. The van der Waals surface area contributed by atoms with Crippen LogP contribution in [0.3, 0.4) is 0 Å². The number of rotatable bonds is 6. The van der Waals surface area contributed by atoms with Gasteiger partial charge in [-0.05, 0) is 81.1 Å². The first-order valence-corrected chi connectivity index (χ1v) is 12.3. The number of nitrogens with zero attached hydrogens (tertiary/aromatic N) is 3. The van der Waals surface area contributed by atoms with E-state index in [0.29, 0.717) is 40.9 Å². The van der Waals surface area contributed by atoms with Gasteiger partial charge in [0.15, 0.2) is 0 Å². The summed E-state index contributed by atoms with van der Waals surface area (Å²) in [4.78, 5) is 17.4. The minimum Gasteiger partial charge on any atom is -0.398 e. The van der Waals surface area contributed by atoms with E-state index < -0.39 is 5.60 Å². The molecule has 2 aromatic heterocycles. The summed E-state index contributed by atoms with van der Waals surface area (Å²) < 4.78 is 15.4. The molecule has 1 amide bonds. The van der Waals surface area contributed by atoms with Gasteiger partial charge >= 0.3 is 0 Å². The molecule has 1 fully saturated rings. The van der Waals surface area contributed by atoms with Crippen molar-refractivity contribution in [1.29, 1.82) is 0 Å². The fourth-order valence-electron chi connectivity index (χ4n) is 5.12. The highest BCUT2D eigenvalue weighted by atomic mass is 19.1. The third-order valence-electron chi connectivity index (χ3n) is 7.02. The van der Waals surface area contributed by atoms with E-state index in [4.69, 9.17) is 11.1 Å². The van der Waals surface area contributed by atoms with Crippen molar-refractivity contribution >= 4 is 28.2 Å². The number of amides is 1. The summed E-state index contributed by atoms with van der Waals surface area (Å²) in [7, 11) is 0. The Balaban J connectivity index is 1.30. The van der Waals surface area contributed by atoms with Gasteiger partial charge in [-0.25, -0.2) is 4.39 Å². The molecule has 2 aromatic carbocycles. The minimum absolute atomic E-state index is 0.217. The lowest BCUT2D eigenvalue weighted by molar-refractivity contribution is -0.111. The van der Waals surface area contributed by atoms with Crippen LogP contribution in [-0.4, -0.2) is 43.1 Å². The number of aromatic nitrogens is 3. The van der Waals surface area contributed by atoms with E-state index >= 15 is 0 Å². The molecule has 8 nitrogen and oxygen atoms in total. The number of nitrogens with two attached hydrogens (primary N) is 2. The third kappa shape index (κ3) is 5.22. The topological polar surface area (TPSA) is 132 Å². The lowest BCUT2D eigenvalue weighted by Crippen LogP contribution is -2.48. The fraction of sp³-hybridized carbons (Fsp3) is 0.286. The number of benzene rings is 2. The van der Waals surface area contributed by atoms with Crippen LogP contribution in [0.5, 0.6) is 0 Å². The molecular formula is C28H30FN6O2+. The average molecular weight is 502 g/mol. The number of hydrogen-bond donors (Lipinski definition) is 4. The van der Waals surface area contributed by atoms with E-state index in [-0.39, 0.29) is 24.3 Å². The van der Waals surface area contributed by atoms with Gasteiger partial charge in [-0.1, -0.05) is 0 Å². The molecule has 5 rings (SSSR count). The smallest absolute Gasteiger partial charge is 0.251 e. The largest absolute Gasteiger partial charge is 0.398 e. The van der Waals surface area contributed by atoms with Crippen molar-refractivity contribution in [1.82, 2.24) is 20.1 Å². The van der Waals surface area contributed by atoms with Crippen molar-refractivity contribution in [2.45, 2.75) is 50.8 Å². The first kappa shape index (κ1) is 24.6. The molecule has 0 aliphatic heterocycles. The van der Waals surface area contributed by atoms with E-state index in [9.17, 15) is 14.3 Å². The van der Waals surface area contributed by atoms with Crippen LogP contribution in [0.25, 0.3) is 10.9 Å². The van der Waals surface area contributed by atoms with Gasteiger partial charge < -0.3 is 16.2 Å². The van der Waals surface area contributed by atoms with E-state index in [1.54, 1.807) is 47.4 Å². The summed E-state index contributed by atoms with van der Waals surface area (Å²) in [5, 5.41) is 26.0. The summed E-state index contributed by atoms with van der Waals surface area (Å²) >= 11 is 0. The molecule has 1 saturated carbocycles. The number of pyridine rings is 1. The number of halogens is 1. The Morgan fingerprint density at radius 1 is 1.24 bits per heavy atom. The number of hydrogen-bond acceptors (Lipinski definition) is 5. The second kappa shape index (κ2) is 9.74. The zero-order valence-electron chi connectivity index (χ0n) is 20.6. The summed E-state index contributed by atoms with van der Waals surface area (Å²) in [6, 6.07) is 12.9. The zero-order valence-corrected chi connectivity index (χ0v) is 20.6. The van der Waals surface area contributed by atoms with Crippen LogP contribution >= 0.6 is 0 Å². The number of aryl methyl sites for hydroxylation is 1. The quantitative estimate of drug-likeness (QED) is 0.238. The molecule has 2 atom stereocenters. The van der Waals surface area contributed by atoms with Crippen LogP contribution in [0.15, 0.2) is 60.9 Å². The van der Waals surface area contributed by atoms with Gasteiger partial charge in [0.05, 0.1) is 29.4 Å². The van der Waals surface area contributed by atoms with Gasteiger partial charge in [-0.3, -0.25) is 19.9 Å². The van der Waals surface area contributed by atoms with Crippen LogP contribution in [-0.2, 0) is 6.54 Å². The molecule has 37 heavy (non-hydrogen) atoms. The van der Waals surface area contributed by atoms with Crippen LogP contribution < -0.4 is 16.5 Å². The van der Waals surface area contributed by atoms with Gasteiger partial charge in [0, 0.05) is 40.1 Å². The Hall–Kier alpha value is -4.11. The molecule has 9 heteroatoms. The lowest BCUT2D eigenvalue weighted by atomic mass is 9.81. The van der Waals surface area contributed by atoms with Crippen molar-refractivity contribution in [2.24, 2.45) is 0 Å². The number of nitrogens with one attached hydrogen (secondary N) is 1. The molecule has 0 saturated heterocycles. The molecule has 1 aliphatic rings. The Morgan fingerprint density at radius 2 is 2.08 bits per heavy atom. The summed E-state index contributed by atoms with van der Waals surface area (Å²) in [6.45, 7) is 2.09. The first-order valence-electron chi connectivity index (χ1n) is 12.3. The van der Waals surface area contributed by atoms with Gasteiger partial charge in [-0.2, -0.15) is 5.10 Å². The molecule has 6 N–H and O–H groups in total. The number of aliphatic hydroxyl groups is 1. The maximum atomic E-state index is 13.8. The SMILES string of the molecule is Cc1cc(C(=[NH2+])c2cc(C(=O)N[C@H]3CCC[C@@](O)(Cn4ncc5ccc(F)cc54)C3)ccc2N)ccn1. The Morgan fingerprint density at radius 3 is 2.89 bits per heavy atom. The summed E-state index contributed by atoms with van der Waals surface area (Å²) in [5.74, 6) is -0.615. The van der Waals surface area contributed by atoms with Crippen molar-refractivity contribution in [2.75, 3.05) is 5.73 Å². The number of carbonyl (C=O) groups excluding carboxylic acids is 1. The number of carbonyl (C=O) groups is 1. The van der Waals surface area contributed by atoms with Gasteiger partial charge in [0.2, 0.25) is 5.71 Å². The maximum absolute atomic E-state index is 13.8. The second-order valence-electron chi connectivity index (χ2n) is 9.90. The first-order chi connectivity index (χ1) is 17.7. The van der Waals surface area contributed by atoms with Gasteiger partial charge in [-0.15, -0.1) is 0 Å². The predicted octanol–water partition coefficient (Wildman–Crippen LogP) is 2.16. The molecule has 0 radical (unpaired) electrons. The Bertz CT molecular complexity index is 1500. The van der Waals surface area contributed by atoms with Crippen LogP contribution in [0.1, 0.15) is 52.9 Å². The second-order valence-corrected chi connectivity index (χ2v) is 9.90. The van der Waals surface area contributed by atoms with Crippen molar-refractivity contribution in [3.05, 3.63) is 89.1 Å². The highest BCUT2D eigenvalue weighted by molar-refractivity contribution is 6.13. The van der Waals surface area contributed by atoms with Crippen molar-refractivity contribution in [3.8, 4) is 0 Å². The monoisotopic (exact) mass is 501 g/mol. The van der Waals surface area contributed by atoms with E-state index in [0.717, 1.165) is 29.5 Å². The molecule has 1 aliphatic carbocycles. The Kier molecular flexibility index (Phi) is 6.47. The molecular weight excluding hydrogens is 471 g/mol. The lowest BCUT2D eigenvalue weighted by Gasteiger charge is -2.37. The van der Waals surface area contributed by atoms with E-state index in [1.807, 2.05) is 13.0 Å². The van der Waals surface area contributed by atoms with Gasteiger partial charge in [0.25, 0.3) is 5.91 Å². The highest BCUT2D eigenvalue weighted by Crippen LogP contribution is 2.31. The molecule has 0 bridgehead atoms. The number of anilines is 1. The number of fused-ring (bicyclic) bond motifs is 1. The fourth-order valence-corrected chi connectivity index (χ4v) is 5.12. The van der Waals surface area contributed by atoms with E-state index in [1.165, 1.54) is 12.1 Å². The van der Waals surface area contributed by atoms with Crippen molar-refractivity contribution in [3.63, 3.8) is 0 Å². The average Bonchev–Trinajstić information content (AvgIpc) is 3.25. The maximum Gasteiger partial charge on any atom is 0.251 e. The van der Waals surface area contributed by atoms with Gasteiger partial charge in [0.1, 0.15) is 5.82 Å². The summed E-state index contributed by atoms with van der Waals surface area (Å²) in [5.41, 5.74) is 9.29. The molecule has 190 valence electrons. The molecule has 0 spiro atoms. The van der Waals surface area contributed by atoms with E-state index in [2.05, 4.69) is 15.4 Å². The zero-order chi connectivity index (χ0) is 26.2.